The maximum Gasteiger partial charge on any atom is 0.254 e. The highest BCUT2D eigenvalue weighted by atomic mass is 19.1. The van der Waals surface area contributed by atoms with Gasteiger partial charge >= 0.3 is 0 Å². The first-order chi connectivity index (χ1) is 16.0. The maximum absolute atomic E-state index is 13.8. The van der Waals surface area contributed by atoms with Gasteiger partial charge in [-0.05, 0) is 60.2 Å². The molecule has 0 aliphatic heterocycles. The van der Waals surface area contributed by atoms with Gasteiger partial charge in [0, 0.05) is 28.6 Å². The van der Waals surface area contributed by atoms with Gasteiger partial charge in [-0.3, -0.25) is 9.59 Å². The van der Waals surface area contributed by atoms with E-state index in [-0.39, 0.29) is 30.1 Å². The number of hydrogen-bond acceptors (Lipinski definition) is 4. The van der Waals surface area contributed by atoms with Gasteiger partial charge in [0.25, 0.3) is 11.5 Å². The summed E-state index contributed by atoms with van der Waals surface area (Å²) in [5, 5.41) is 0.784. The Hall–Kier alpha value is -4.13. The number of carbonyl (C=O) groups is 1. The quantitative estimate of drug-likeness (QED) is 0.453. The number of methoxy groups -OCH3 is 2. The number of aromatic amines is 1. The molecule has 168 valence electrons. The zero-order valence-electron chi connectivity index (χ0n) is 18.3. The number of nitrogens with one attached hydrogen (secondary N) is 1. The molecule has 33 heavy (non-hydrogen) atoms. The summed E-state index contributed by atoms with van der Waals surface area (Å²) < 4.78 is 24.3. The normalized spacial score (nSPS) is 10.8. The average molecular weight is 446 g/mol. The first-order valence-electron chi connectivity index (χ1n) is 10.3. The Morgan fingerprint density at radius 3 is 2.33 bits per heavy atom. The molecule has 0 radical (unpaired) electrons. The third-order valence-electron chi connectivity index (χ3n) is 5.38. The summed E-state index contributed by atoms with van der Waals surface area (Å²) in [4.78, 5) is 30.5. The molecule has 1 aromatic heterocycles. The number of aromatic nitrogens is 1. The number of pyridine rings is 1. The molecule has 0 aliphatic rings. The first-order valence-corrected chi connectivity index (χ1v) is 10.3. The van der Waals surface area contributed by atoms with Crippen LogP contribution in [0.1, 0.15) is 21.5 Å². The molecule has 0 atom stereocenters. The number of benzene rings is 3. The Balaban J connectivity index is 1.71. The fourth-order valence-electron chi connectivity index (χ4n) is 3.63. The zero-order chi connectivity index (χ0) is 23.4. The van der Waals surface area contributed by atoms with Gasteiger partial charge in [0.2, 0.25) is 0 Å². The monoisotopic (exact) mass is 446 g/mol. The lowest BCUT2D eigenvalue weighted by Gasteiger charge is -2.23. The van der Waals surface area contributed by atoms with Crippen molar-refractivity contribution in [2.75, 3.05) is 14.2 Å². The first kappa shape index (κ1) is 22.1. The lowest BCUT2D eigenvalue weighted by molar-refractivity contribution is 0.0729. The Bertz CT molecular complexity index is 1350. The minimum absolute atomic E-state index is 0.0455. The molecule has 0 saturated carbocycles. The van der Waals surface area contributed by atoms with Crippen molar-refractivity contribution in [1.29, 1.82) is 0 Å². The van der Waals surface area contributed by atoms with Crippen molar-refractivity contribution in [1.82, 2.24) is 9.88 Å². The highest BCUT2D eigenvalue weighted by Gasteiger charge is 2.19. The number of halogens is 1. The number of carbonyl (C=O) groups excluding carboxylic acids is 1. The van der Waals surface area contributed by atoms with Crippen molar-refractivity contribution < 1.29 is 18.7 Å². The lowest BCUT2D eigenvalue weighted by Crippen LogP contribution is -2.32. The summed E-state index contributed by atoms with van der Waals surface area (Å²) >= 11 is 0. The van der Waals surface area contributed by atoms with Gasteiger partial charge in [0.15, 0.2) is 0 Å². The van der Waals surface area contributed by atoms with E-state index in [2.05, 4.69) is 4.98 Å². The van der Waals surface area contributed by atoms with E-state index in [0.29, 0.717) is 22.6 Å². The van der Waals surface area contributed by atoms with Crippen molar-refractivity contribution in [3.8, 4) is 11.5 Å². The van der Waals surface area contributed by atoms with Gasteiger partial charge in [0.1, 0.15) is 17.3 Å². The van der Waals surface area contributed by atoms with Gasteiger partial charge in [-0.25, -0.2) is 4.39 Å². The van der Waals surface area contributed by atoms with Crippen LogP contribution in [0.2, 0.25) is 0 Å². The highest BCUT2D eigenvalue weighted by molar-refractivity contribution is 5.94. The van der Waals surface area contributed by atoms with Gasteiger partial charge in [-0.2, -0.15) is 0 Å². The number of hydrogen-bond donors (Lipinski definition) is 1. The van der Waals surface area contributed by atoms with E-state index in [1.165, 1.54) is 23.1 Å². The summed E-state index contributed by atoms with van der Waals surface area (Å²) in [5.74, 6) is 0.476. The third-order valence-corrected chi connectivity index (χ3v) is 5.38. The minimum atomic E-state index is -0.499. The van der Waals surface area contributed by atoms with E-state index in [9.17, 15) is 14.0 Å². The maximum atomic E-state index is 13.8. The van der Waals surface area contributed by atoms with Gasteiger partial charge < -0.3 is 19.4 Å². The number of fused-ring (bicyclic) bond motifs is 1. The molecule has 1 heterocycles. The van der Waals surface area contributed by atoms with Crippen LogP contribution in [0.4, 0.5) is 4.39 Å². The van der Waals surface area contributed by atoms with Crippen molar-refractivity contribution in [2.24, 2.45) is 0 Å². The summed E-state index contributed by atoms with van der Waals surface area (Å²) in [7, 11) is 3.15. The molecule has 7 heteroatoms. The molecule has 0 bridgehead atoms. The molecule has 0 saturated heterocycles. The fraction of sp³-hybridized carbons (Fsp3) is 0.154. The van der Waals surface area contributed by atoms with E-state index in [4.69, 9.17) is 9.47 Å². The molecule has 4 rings (SSSR count). The van der Waals surface area contributed by atoms with E-state index in [1.807, 2.05) is 18.2 Å². The van der Waals surface area contributed by atoms with Gasteiger partial charge in [-0.15, -0.1) is 0 Å². The van der Waals surface area contributed by atoms with E-state index in [1.54, 1.807) is 50.6 Å². The Kier molecular flexibility index (Phi) is 6.40. The molecule has 0 unspecified atom stereocenters. The van der Waals surface area contributed by atoms with Crippen LogP contribution in [-0.4, -0.2) is 30.0 Å². The average Bonchev–Trinajstić information content (AvgIpc) is 2.83. The van der Waals surface area contributed by atoms with Gasteiger partial charge in [0.05, 0.1) is 20.8 Å². The highest BCUT2D eigenvalue weighted by Crippen LogP contribution is 2.21. The summed E-state index contributed by atoms with van der Waals surface area (Å²) in [6, 6.07) is 19.9. The van der Waals surface area contributed by atoms with Crippen LogP contribution in [0.15, 0.2) is 77.6 Å². The lowest BCUT2D eigenvalue weighted by atomic mass is 10.1. The fourth-order valence-corrected chi connectivity index (χ4v) is 3.63. The molecule has 0 aliphatic carbocycles. The molecule has 1 amide bonds. The van der Waals surface area contributed by atoms with Crippen molar-refractivity contribution in [3.63, 3.8) is 0 Å². The molecule has 0 fully saturated rings. The van der Waals surface area contributed by atoms with Crippen LogP contribution >= 0.6 is 0 Å². The van der Waals surface area contributed by atoms with Crippen molar-refractivity contribution in [2.45, 2.75) is 13.1 Å². The van der Waals surface area contributed by atoms with Crippen LogP contribution in [0.25, 0.3) is 10.9 Å². The second-order valence-electron chi connectivity index (χ2n) is 7.60. The van der Waals surface area contributed by atoms with E-state index < -0.39 is 5.82 Å². The predicted molar refractivity (Wildman–Crippen MR) is 124 cm³/mol. The standard InChI is InChI=1S/C26H23FN2O4/c1-32-22-8-6-17(7-9-22)15-29(26(31)18-4-3-5-21(27)13-18)16-20-12-19-14-23(33-2)10-11-24(19)28-25(20)30/h3-14H,15-16H2,1-2H3,(H,28,30). The summed E-state index contributed by atoms with van der Waals surface area (Å²) in [6.07, 6.45) is 0. The summed E-state index contributed by atoms with van der Waals surface area (Å²) in [5.41, 5.74) is 1.85. The second-order valence-corrected chi connectivity index (χ2v) is 7.60. The van der Waals surface area contributed by atoms with Crippen LogP contribution < -0.4 is 15.0 Å². The van der Waals surface area contributed by atoms with Crippen molar-refractivity contribution >= 4 is 16.8 Å². The SMILES string of the molecule is COc1ccc(CN(Cc2cc3cc(OC)ccc3[nH]c2=O)C(=O)c2cccc(F)c2)cc1. The minimum Gasteiger partial charge on any atom is -0.497 e. The Labute approximate surface area is 190 Å². The molecule has 3 aromatic carbocycles. The molecule has 6 nitrogen and oxygen atoms in total. The molecular formula is C26H23FN2O4. The Morgan fingerprint density at radius 1 is 0.909 bits per heavy atom. The number of rotatable bonds is 7. The largest absolute Gasteiger partial charge is 0.497 e. The number of nitrogens with zero attached hydrogens (tertiary/aromatic N) is 1. The molecular weight excluding hydrogens is 423 g/mol. The number of H-pyrrole nitrogens is 1. The molecule has 0 spiro atoms. The topological polar surface area (TPSA) is 71.6 Å². The summed E-state index contributed by atoms with van der Waals surface area (Å²) in [6.45, 7) is 0.277. The van der Waals surface area contributed by atoms with Crippen LogP contribution in [0, 0.1) is 5.82 Å². The second kappa shape index (κ2) is 9.56. The predicted octanol–water partition coefficient (Wildman–Crippen LogP) is 4.53. The van der Waals surface area contributed by atoms with Crippen LogP contribution in [0.3, 0.4) is 0 Å². The molecule has 1 N–H and O–H groups in total. The Morgan fingerprint density at radius 2 is 1.64 bits per heavy atom. The zero-order valence-corrected chi connectivity index (χ0v) is 18.3. The molecule has 4 aromatic rings. The van der Waals surface area contributed by atoms with Crippen LogP contribution in [0.5, 0.6) is 11.5 Å². The third kappa shape index (κ3) is 5.03. The van der Waals surface area contributed by atoms with E-state index in [0.717, 1.165) is 10.9 Å². The van der Waals surface area contributed by atoms with Crippen LogP contribution in [-0.2, 0) is 13.1 Å². The van der Waals surface area contributed by atoms with E-state index >= 15 is 0 Å². The van der Waals surface area contributed by atoms with Crippen molar-refractivity contribution in [3.05, 3.63) is 106 Å². The van der Waals surface area contributed by atoms with Gasteiger partial charge in [-0.1, -0.05) is 18.2 Å². The smallest absolute Gasteiger partial charge is 0.254 e. The number of ether oxygens (including phenoxy) is 2. The number of amides is 1.